The Morgan fingerprint density at radius 2 is 1.65 bits per heavy atom. The molecule has 1 aliphatic heterocycles. The lowest BCUT2D eigenvalue weighted by Crippen LogP contribution is -2.45. The Kier molecular flexibility index (Phi) is 4.46. The predicted molar refractivity (Wildman–Crippen MR) is 83.5 cm³/mol. The monoisotopic (exact) mass is 266 g/mol. The van der Waals surface area contributed by atoms with Crippen LogP contribution in [0.25, 0.3) is 0 Å². The van der Waals surface area contributed by atoms with Gasteiger partial charge in [0.25, 0.3) is 0 Å². The molecule has 0 bridgehead atoms. The molecule has 2 N–H and O–H groups in total. The van der Waals surface area contributed by atoms with Gasteiger partial charge in [0.1, 0.15) is 0 Å². The summed E-state index contributed by atoms with van der Waals surface area (Å²) in [5, 5.41) is 7.38. The third kappa shape index (κ3) is 3.27. The molecule has 1 fully saturated rings. The fourth-order valence-corrected chi connectivity index (χ4v) is 2.96. The van der Waals surface area contributed by atoms with Gasteiger partial charge in [-0.15, -0.1) is 0 Å². The Balaban J connectivity index is 1.67. The van der Waals surface area contributed by atoms with Gasteiger partial charge in [-0.1, -0.05) is 60.7 Å². The number of rotatable bonds is 4. The molecule has 104 valence electrons. The highest BCUT2D eigenvalue weighted by Crippen LogP contribution is 2.23. The second-order valence-corrected chi connectivity index (χ2v) is 5.46. The van der Waals surface area contributed by atoms with Gasteiger partial charge in [0, 0.05) is 18.6 Å². The SMILES string of the molecule is c1ccc(CNC2CCCNC2c2ccccc2)cc1. The fraction of sp³-hybridized carbons (Fsp3) is 0.333. The van der Waals surface area contributed by atoms with E-state index in [4.69, 9.17) is 0 Å². The first-order valence-corrected chi connectivity index (χ1v) is 7.49. The number of hydrogen-bond donors (Lipinski definition) is 2. The van der Waals surface area contributed by atoms with E-state index in [1.807, 2.05) is 0 Å². The van der Waals surface area contributed by atoms with Gasteiger partial charge < -0.3 is 10.6 Å². The molecule has 2 aromatic carbocycles. The average molecular weight is 266 g/mol. The molecule has 0 saturated carbocycles. The summed E-state index contributed by atoms with van der Waals surface area (Å²) in [5.41, 5.74) is 2.74. The summed E-state index contributed by atoms with van der Waals surface area (Å²) >= 11 is 0. The Morgan fingerprint density at radius 1 is 0.950 bits per heavy atom. The minimum Gasteiger partial charge on any atom is -0.309 e. The summed E-state index contributed by atoms with van der Waals surface area (Å²) in [6.45, 7) is 2.06. The molecule has 20 heavy (non-hydrogen) atoms. The van der Waals surface area contributed by atoms with E-state index in [2.05, 4.69) is 71.3 Å². The molecule has 1 heterocycles. The molecule has 2 unspecified atom stereocenters. The van der Waals surface area contributed by atoms with E-state index in [9.17, 15) is 0 Å². The van der Waals surface area contributed by atoms with Crippen molar-refractivity contribution >= 4 is 0 Å². The van der Waals surface area contributed by atoms with Crippen molar-refractivity contribution in [2.24, 2.45) is 0 Å². The maximum atomic E-state index is 3.72. The molecule has 1 saturated heterocycles. The smallest absolute Gasteiger partial charge is 0.0476 e. The lowest BCUT2D eigenvalue weighted by atomic mass is 9.92. The van der Waals surface area contributed by atoms with Crippen LogP contribution >= 0.6 is 0 Å². The molecule has 2 nitrogen and oxygen atoms in total. The van der Waals surface area contributed by atoms with E-state index in [-0.39, 0.29) is 0 Å². The second kappa shape index (κ2) is 6.69. The Hall–Kier alpha value is -1.64. The predicted octanol–water partition coefficient (Wildman–Crippen LogP) is 3.27. The summed E-state index contributed by atoms with van der Waals surface area (Å²) in [6.07, 6.45) is 2.48. The minimum atomic E-state index is 0.425. The van der Waals surface area contributed by atoms with Crippen molar-refractivity contribution in [3.63, 3.8) is 0 Å². The van der Waals surface area contributed by atoms with Crippen molar-refractivity contribution in [2.75, 3.05) is 6.54 Å². The number of nitrogens with one attached hydrogen (secondary N) is 2. The normalized spacial score (nSPS) is 22.6. The van der Waals surface area contributed by atoms with Crippen LogP contribution < -0.4 is 10.6 Å². The van der Waals surface area contributed by atoms with Gasteiger partial charge in [0.2, 0.25) is 0 Å². The van der Waals surface area contributed by atoms with E-state index in [1.54, 1.807) is 0 Å². The van der Waals surface area contributed by atoms with Crippen LogP contribution in [0, 0.1) is 0 Å². The quantitative estimate of drug-likeness (QED) is 0.887. The van der Waals surface area contributed by atoms with E-state index in [0.29, 0.717) is 12.1 Å². The molecule has 2 atom stereocenters. The average Bonchev–Trinajstić information content (AvgIpc) is 2.55. The van der Waals surface area contributed by atoms with Gasteiger partial charge in [0.15, 0.2) is 0 Å². The van der Waals surface area contributed by atoms with E-state index in [0.717, 1.165) is 13.1 Å². The molecule has 0 aromatic heterocycles. The summed E-state index contributed by atoms with van der Waals surface area (Å²) in [5.74, 6) is 0. The zero-order valence-corrected chi connectivity index (χ0v) is 11.8. The molecule has 3 rings (SSSR count). The first-order valence-electron chi connectivity index (χ1n) is 7.49. The summed E-state index contributed by atoms with van der Waals surface area (Å²) < 4.78 is 0. The second-order valence-electron chi connectivity index (χ2n) is 5.46. The van der Waals surface area contributed by atoms with Crippen molar-refractivity contribution in [3.8, 4) is 0 Å². The first kappa shape index (κ1) is 13.3. The minimum absolute atomic E-state index is 0.425. The summed E-state index contributed by atoms with van der Waals surface area (Å²) in [6, 6.07) is 22.3. The number of benzene rings is 2. The molecule has 2 aromatic rings. The maximum Gasteiger partial charge on any atom is 0.0476 e. The zero-order valence-electron chi connectivity index (χ0n) is 11.8. The lowest BCUT2D eigenvalue weighted by molar-refractivity contribution is 0.304. The Labute approximate surface area is 121 Å². The van der Waals surface area contributed by atoms with Crippen molar-refractivity contribution in [1.82, 2.24) is 10.6 Å². The largest absolute Gasteiger partial charge is 0.309 e. The highest BCUT2D eigenvalue weighted by atomic mass is 15.0. The molecular weight excluding hydrogens is 244 g/mol. The first-order chi connectivity index (χ1) is 9.93. The maximum absolute atomic E-state index is 3.72. The van der Waals surface area contributed by atoms with Gasteiger partial charge in [0.05, 0.1) is 0 Å². The van der Waals surface area contributed by atoms with E-state index < -0.39 is 0 Å². The topological polar surface area (TPSA) is 24.1 Å². The molecular formula is C18H22N2. The van der Waals surface area contributed by atoms with E-state index in [1.165, 1.54) is 24.0 Å². The van der Waals surface area contributed by atoms with Gasteiger partial charge in [-0.25, -0.2) is 0 Å². The summed E-state index contributed by atoms with van der Waals surface area (Å²) in [4.78, 5) is 0. The van der Waals surface area contributed by atoms with Crippen LogP contribution in [0.2, 0.25) is 0 Å². The van der Waals surface area contributed by atoms with Crippen LogP contribution in [-0.4, -0.2) is 12.6 Å². The molecule has 0 aliphatic carbocycles. The van der Waals surface area contributed by atoms with Crippen molar-refractivity contribution in [3.05, 3.63) is 71.8 Å². The van der Waals surface area contributed by atoms with Crippen molar-refractivity contribution in [2.45, 2.75) is 31.5 Å². The standard InChI is InChI=1S/C18H22N2/c1-3-8-15(9-4-1)14-20-17-12-7-13-19-18(17)16-10-5-2-6-11-16/h1-6,8-11,17-20H,7,12-14H2. The van der Waals surface area contributed by atoms with Gasteiger partial charge in [-0.2, -0.15) is 0 Å². The lowest BCUT2D eigenvalue weighted by Gasteiger charge is -2.34. The number of hydrogen-bond acceptors (Lipinski definition) is 2. The van der Waals surface area contributed by atoms with Crippen LogP contribution in [0.3, 0.4) is 0 Å². The van der Waals surface area contributed by atoms with Crippen LogP contribution in [-0.2, 0) is 6.54 Å². The Morgan fingerprint density at radius 3 is 2.40 bits per heavy atom. The third-order valence-electron chi connectivity index (χ3n) is 4.03. The fourth-order valence-electron chi connectivity index (χ4n) is 2.96. The molecule has 0 radical (unpaired) electrons. The summed E-state index contributed by atoms with van der Waals surface area (Å²) in [7, 11) is 0. The highest BCUT2D eigenvalue weighted by molar-refractivity contribution is 5.22. The van der Waals surface area contributed by atoms with E-state index >= 15 is 0 Å². The molecule has 0 spiro atoms. The Bertz CT molecular complexity index is 509. The van der Waals surface area contributed by atoms with Gasteiger partial charge in [-0.3, -0.25) is 0 Å². The van der Waals surface area contributed by atoms with Crippen LogP contribution in [0.5, 0.6) is 0 Å². The van der Waals surface area contributed by atoms with Crippen LogP contribution in [0.15, 0.2) is 60.7 Å². The number of piperidine rings is 1. The molecule has 0 amide bonds. The third-order valence-corrected chi connectivity index (χ3v) is 4.03. The molecule has 1 aliphatic rings. The molecule has 2 heteroatoms. The highest BCUT2D eigenvalue weighted by Gasteiger charge is 2.25. The van der Waals surface area contributed by atoms with Crippen LogP contribution in [0.1, 0.15) is 30.0 Å². The van der Waals surface area contributed by atoms with Crippen LogP contribution in [0.4, 0.5) is 0 Å². The van der Waals surface area contributed by atoms with Gasteiger partial charge in [-0.05, 0) is 30.5 Å². The van der Waals surface area contributed by atoms with Gasteiger partial charge >= 0.3 is 0 Å². The zero-order chi connectivity index (χ0) is 13.6. The van der Waals surface area contributed by atoms with Crippen molar-refractivity contribution in [1.29, 1.82) is 0 Å². The van der Waals surface area contributed by atoms with Crippen molar-refractivity contribution < 1.29 is 0 Å².